The molecular weight excluding hydrogens is 176 g/mol. The summed E-state index contributed by atoms with van der Waals surface area (Å²) in [6.45, 7) is 4.07. The van der Waals surface area contributed by atoms with Gasteiger partial charge in [0.2, 0.25) is 0 Å². The number of hydrogen-bond donors (Lipinski definition) is 0. The zero-order chi connectivity index (χ0) is 10.1. The van der Waals surface area contributed by atoms with Gasteiger partial charge in [-0.1, -0.05) is 23.8 Å². The van der Waals surface area contributed by atoms with Crippen LogP contribution in [0.15, 0.2) is 24.3 Å². The van der Waals surface area contributed by atoms with Gasteiger partial charge in [-0.05, 0) is 25.5 Å². The van der Waals surface area contributed by atoms with Crippen molar-refractivity contribution in [3.8, 4) is 0 Å². The van der Waals surface area contributed by atoms with Crippen LogP contribution in [0.3, 0.4) is 0 Å². The van der Waals surface area contributed by atoms with Crippen LogP contribution < -0.4 is 0 Å². The van der Waals surface area contributed by atoms with Crippen LogP contribution in [0.25, 0.3) is 5.76 Å². The van der Waals surface area contributed by atoms with E-state index in [0.717, 1.165) is 11.1 Å². The second-order valence-corrected chi connectivity index (χ2v) is 3.56. The van der Waals surface area contributed by atoms with Crippen molar-refractivity contribution in [3.63, 3.8) is 0 Å². The Hall–Kier alpha value is -1.57. The van der Waals surface area contributed by atoms with Gasteiger partial charge >= 0.3 is 5.97 Å². The molecule has 1 aromatic carbocycles. The molecule has 0 aliphatic carbocycles. The quantitative estimate of drug-likeness (QED) is 0.633. The van der Waals surface area contributed by atoms with Crippen LogP contribution >= 0.6 is 0 Å². The lowest BCUT2D eigenvalue weighted by atomic mass is 10.0. The maximum atomic E-state index is 10.9. The molecule has 0 atom stereocenters. The highest BCUT2D eigenvalue weighted by molar-refractivity contribution is 5.85. The third-order valence-corrected chi connectivity index (χ3v) is 2.33. The van der Waals surface area contributed by atoms with Gasteiger partial charge in [-0.2, -0.15) is 0 Å². The van der Waals surface area contributed by atoms with Crippen molar-refractivity contribution < 1.29 is 9.53 Å². The fraction of sp³-hybridized carbons (Fsp3) is 0.250. The summed E-state index contributed by atoms with van der Waals surface area (Å²) in [7, 11) is 0. The summed E-state index contributed by atoms with van der Waals surface area (Å²) in [6, 6.07) is 6.10. The Morgan fingerprint density at radius 2 is 2.07 bits per heavy atom. The van der Waals surface area contributed by atoms with Crippen LogP contribution in [0.1, 0.15) is 23.1 Å². The van der Waals surface area contributed by atoms with Crippen molar-refractivity contribution in [2.75, 3.05) is 0 Å². The van der Waals surface area contributed by atoms with Crippen LogP contribution in [0.2, 0.25) is 0 Å². The van der Waals surface area contributed by atoms with Gasteiger partial charge in [-0.3, -0.25) is 4.79 Å². The molecule has 1 aromatic rings. The van der Waals surface area contributed by atoms with Gasteiger partial charge in [0.15, 0.2) is 0 Å². The number of rotatable bonds is 1. The molecule has 0 fully saturated rings. The Morgan fingerprint density at radius 1 is 1.29 bits per heavy atom. The van der Waals surface area contributed by atoms with Gasteiger partial charge in [0.25, 0.3) is 0 Å². The van der Waals surface area contributed by atoms with Crippen molar-refractivity contribution >= 4 is 11.7 Å². The summed E-state index contributed by atoms with van der Waals surface area (Å²) in [5.74, 6) is 0.535. The molecule has 0 aromatic heterocycles. The van der Waals surface area contributed by atoms with E-state index in [1.165, 1.54) is 5.56 Å². The normalized spacial score (nSPS) is 15.3. The number of carbonyl (C=O) groups excluding carboxylic acids is 1. The van der Waals surface area contributed by atoms with Crippen molar-refractivity contribution in [3.05, 3.63) is 41.0 Å². The number of benzene rings is 1. The highest BCUT2D eigenvalue weighted by Gasteiger charge is 2.17. The smallest absolute Gasteiger partial charge is 0.315 e. The standard InChI is InChI=1S/C12H12O2/c1-8-3-4-10(9(2)7-8)11-5-6-12(13)14-11/h3-5,7H,6H2,1-2H3. The molecule has 0 N–H and O–H groups in total. The van der Waals surface area contributed by atoms with Crippen molar-refractivity contribution in [2.24, 2.45) is 0 Å². The van der Waals surface area contributed by atoms with E-state index in [0.29, 0.717) is 12.2 Å². The first-order chi connectivity index (χ1) is 6.66. The number of esters is 1. The van der Waals surface area contributed by atoms with Crippen molar-refractivity contribution in [1.29, 1.82) is 0 Å². The van der Waals surface area contributed by atoms with Crippen LogP contribution in [0, 0.1) is 13.8 Å². The molecule has 1 aliphatic heterocycles. The molecule has 72 valence electrons. The van der Waals surface area contributed by atoms with Gasteiger partial charge in [-0.15, -0.1) is 0 Å². The molecule has 1 aliphatic rings. The maximum absolute atomic E-state index is 10.9. The molecule has 0 bridgehead atoms. The van der Waals surface area contributed by atoms with E-state index < -0.39 is 0 Å². The SMILES string of the molecule is Cc1ccc(C2=CCC(=O)O2)c(C)c1. The lowest BCUT2D eigenvalue weighted by Crippen LogP contribution is -1.95. The Kier molecular flexibility index (Phi) is 2.12. The molecule has 0 saturated heterocycles. The van der Waals surface area contributed by atoms with Crippen LogP contribution in [-0.4, -0.2) is 5.97 Å². The summed E-state index contributed by atoms with van der Waals surface area (Å²) < 4.78 is 5.09. The molecule has 0 radical (unpaired) electrons. The molecule has 1 heterocycles. The highest BCUT2D eigenvalue weighted by atomic mass is 16.5. The summed E-state index contributed by atoms with van der Waals surface area (Å²) in [5, 5.41) is 0. The number of ether oxygens (including phenoxy) is 1. The molecule has 0 amide bonds. The lowest BCUT2D eigenvalue weighted by Gasteiger charge is -2.06. The minimum Gasteiger partial charge on any atom is -0.426 e. The van der Waals surface area contributed by atoms with E-state index in [-0.39, 0.29) is 5.97 Å². The maximum Gasteiger partial charge on any atom is 0.315 e. The van der Waals surface area contributed by atoms with Crippen LogP contribution in [-0.2, 0) is 9.53 Å². The summed E-state index contributed by atoms with van der Waals surface area (Å²) >= 11 is 0. The van der Waals surface area contributed by atoms with E-state index in [1.807, 2.05) is 32.1 Å². The highest BCUT2D eigenvalue weighted by Crippen LogP contribution is 2.25. The first kappa shape index (κ1) is 9.00. The van der Waals surface area contributed by atoms with Gasteiger partial charge in [0.05, 0.1) is 6.42 Å². The van der Waals surface area contributed by atoms with Gasteiger partial charge < -0.3 is 4.74 Å². The predicted octanol–water partition coefficient (Wildman–Crippen LogP) is 2.59. The van der Waals surface area contributed by atoms with Crippen LogP contribution in [0.4, 0.5) is 0 Å². The number of carbonyl (C=O) groups is 1. The lowest BCUT2D eigenvalue weighted by molar-refractivity contribution is -0.134. The number of aryl methyl sites for hydroxylation is 2. The zero-order valence-corrected chi connectivity index (χ0v) is 8.33. The van der Waals surface area contributed by atoms with Crippen LogP contribution in [0.5, 0.6) is 0 Å². The molecule has 14 heavy (non-hydrogen) atoms. The minimum atomic E-state index is -0.167. The van der Waals surface area contributed by atoms with Gasteiger partial charge in [-0.25, -0.2) is 0 Å². The first-order valence-electron chi connectivity index (χ1n) is 4.65. The largest absolute Gasteiger partial charge is 0.426 e. The summed E-state index contributed by atoms with van der Waals surface area (Å²) in [6.07, 6.45) is 2.22. The van der Waals surface area contributed by atoms with E-state index >= 15 is 0 Å². The molecule has 2 nitrogen and oxygen atoms in total. The summed E-state index contributed by atoms with van der Waals surface area (Å²) in [5.41, 5.74) is 3.38. The molecule has 2 rings (SSSR count). The van der Waals surface area contributed by atoms with E-state index in [9.17, 15) is 4.79 Å². The molecule has 0 unspecified atom stereocenters. The third-order valence-electron chi connectivity index (χ3n) is 2.33. The average Bonchev–Trinajstić information content (AvgIpc) is 2.51. The number of hydrogen-bond acceptors (Lipinski definition) is 2. The fourth-order valence-corrected chi connectivity index (χ4v) is 1.64. The topological polar surface area (TPSA) is 26.3 Å². The average molecular weight is 188 g/mol. The van der Waals surface area contributed by atoms with E-state index in [1.54, 1.807) is 0 Å². The summed E-state index contributed by atoms with van der Waals surface area (Å²) in [4.78, 5) is 10.9. The minimum absolute atomic E-state index is 0.167. The number of cyclic esters (lactones) is 1. The second-order valence-electron chi connectivity index (χ2n) is 3.56. The Morgan fingerprint density at radius 3 is 2.64 bits per heavy atom. The van der Waals surface area contributed by atoms with Crippen molar-refractivity contribution in [2.45, 2.75) is 20.3 Å². The predicted molar refractivity (Wildman–Crippen MR) is 54.6 cm³/mol. The molecule has 0 spiro atoms. The zero-order valence-electron chi connectivity index (χ0n) is 8.33. The van der Waals surface area contributed by atoms with E-state index in [4.69, 9.17) is 4.74 Å². The second kappa shape index (κ2) is 3.29. The Bertz CT molecular complexity index is 416. The molecule has 2 heteroatoms. The Labute approximate surface area is 83.2 Å². The van der Waals surface area contributed by atoms with Crippen molar-refractivity contribution in [1.82, 2.24) is 0 Å². The van der Waals surface area contributed by atoms with Gasteiger partial charge in [0.1, 0.15) is 5.76 Å². The Balaban J connectivity index is 2.38. The third kappa shape index (κ3) is 1.55. The van der Waals surface area contributed by atoms with E-state index in [2.05, 4.69) is 6.07 Å². The first-order valence-corrected chi connectivity index (χ1v) is 4.65. The molecular formula is C12H12O2. The van der Waals surface area contributed by atoms with Gasteiger partial charge in [0, 0.05) is 5.56 Å². The fourth-order valence-electron chi connectivity index (χ4n) is 1.64. The molecule has 0 saturated carbocycles. The monoisotopic (exact) mass is 188 g/mol.